The zero-order chi connectivity index (χ0) is 21.8. The molecule has 3 aromatic rings. The van der Waals surface area contributed by atoms with Gasteiger partial charge >= 0.3 is 0 Å². The van der Waals surface area contributed by atoms with E-state index in [-0.39, 0.29) is 17.5 Å². The maximum absolute atomic E-state index is 13.1. The largest absolute Gasteiger partial charge is 0.457 e. The van der Waals surface area contributed by atoms with Crippen molar-refractivity contribution in [3.8, 4) is 11.3 Å². The molecular weight excluding hydrogens is 435 g/mol. The third kappa shape index (κ3) is 5.01. The lowest BCUT2D eigenvalue weighted by Crippen LogP contribution is -2.36. The van der Waals surface area contributed by atoms with Crippen molar-refractivity contribution < 1.29 is 14.0 Å². The van der Waals surface area contributed by atoms with Crippen LogP contribution in [0.5, 0.6) is 0 Å². The number of likely N-dealkylation sites (tertiary alicyclic amines) is 1. The van der Waals surface area contributed by atoms with Crippen molar-refractivity contribution in [1.29, 1.82) is 0 Å². The Morgan fingerprint density at radius 1 is 0.968 bits per heavy atom. The van der Waals surface area contributed by atoms with E-state index in [1.54, 1.807) is 65.6 Å². The number of nitrogens with zero attached hydrogens (tertiary/aromatic N) is 1. The fraction of sp³-hybridized carbons (Fsp3) is 0.167. The van der Waals surface area contributed by atoms with Crippen LogP contribution in [0.3, 0.4) is 0 Å². The summed E-state index contributed by atoms with van der Waals surface area (Å²) < 4.78 is 5.90. The van der Waals surface area contributed by atoms with E-state index in [2.05, 4.69) is 5.32 Å². The molecule has 4 rings (SSSR count). The molecule has 2 amide bonds. The van der Waals surface area contributed by atoms with Crippen LogP contribution in [-0.2, 0) is 4.79 Å². The Balaban J connectivity index is 1.63. The molecule has 2 heterocycles. The van der Waals surface area contributed by atoms with Crippen molar-refractivity contribution in [3.63, 3.8) is 0 Å². The summed E-state index contributed by atoms with van der Waals surface area (Å²) in [5.41, 5.74) is 1.32. The van der Waals surface area contributed by atoms with Gasteiger partial charge in [0.25, 0.3) is 11.8 Å². The molecule has 0 saturated carbocycles. The molecule has 2 aromatic carbocycles. The quantitative estimate of drug-likeness (QED) is 0.506. The molecule has 158 valence electrons. The van der Waals surface area contributed by atoms with Gasteiger partial charge in [-0.1, -0.05) is 41.4 Å². The van der Waals surface area contributed by atoms with Crippen molar-refractivity contribution in [1.82, 2.24) is 10.2 Å². The molecule has 1 fully saturated rings. The Morgan fingerprint density at radius 3 is 2.42 bits per heavy atom. The predicted molar refractivity (Wildman–Crippen MR) is 122 cm³/mol. The molecule has 1 N–H and O–H groups in total. The van der Waals surface area contributed by atoms with Crippen LogP contribution < -0.4 is 5.32 Å². The minimum absolute atomic E-state index is 0.166. The fourth-order valence-corrected chi connectivity index (χ4v) is 3.93. The summed E-state index contributed by atoms with van der Waals surface area (Å²) in [6.07, 6.45) is 3.45. The van der Waals surface area contributed by atoms with Crippen molar-refractivity contribution in [2.24, 2.45) is 0 Å². The molecular formula is C24H20Cl2N2O3. The second-order valence-corrected chi connectivity index (χ2v) is 8.05. The number of hydrogen-bond donors (Lipinski definition) is 1. The Hall–Kier alpha value is -3.02. The molecule has 0 radical (unpaired) electrons. The molecule has 1 aromatic heterocycles. The van der Waals surface area contributed by atoms with Crippen LogP contribution in [0, 0.1) is 0 Å². The summed E-state index contributed by atoms with van der Waals surface area (Å²) in [6, 6.07) is 17.4. The SMILES string of the molecule is O=C(N/C(=C\c1ccc(-c2ccc(Cl)cc2Cl)o1)C(=O)N1CCCC1)c1ccccc1. The highest BCUT2D eigenvalue weighted by atomic mass is 35.5. The number of nitrogens with one attached hydrogen (secondary N) is 1. The number of carbonyl (C=O) groups is 2. The van der Waals surface area contributed by atoms with Gasteiger partial charge in [0, 0.05) is 35.3 Å². The second-order valence-electron chi connectivity index (χ2n) is 7.20. The number of benzene rings is 2. The summed E-state index contributed by atoms with van der Waals surface area (Å²) in [5.74, 6) is 0.378. The van der Waals surface area contributed by atoms with Gasteiger partial charge in [-0.3, -0.25) is 9.59 Å². The van der Waals surface area contributed by atoms with Crippen LogP contribution in [0.15, 0.2) is 70.8 Å². The zero-order valence-corrected chi connectivity index (χ0v) is 18.1. The minimum Gasteiger partial charge on any atom is -0.457 e. The van der Waals surface area contributed by atoms with E-state index in [0.29, 0.717) is 45.8 Å². The third-order valence-electron chi connectivity index (χ3n) is 5.02. The number of rotatable bonds is 5. The lowest BCUT2D eigenvalue weighted by molar-refractivity contribution is -0.126. The highest BCUT2D eigenvalue weighted by molar-refractivity contribution is 6.36. The molecule has 31 heavy (non-hydrogen) atoms. The number of halogens is 2. The van der Waals surface area contributed by atoms with Gasteiger partial charge in [0.2, 0.25) is 0 Å². The van der Waals surface area contributed by atoms with Crippen molar-refractivity contribution >= 4 is 41.1 Å². The molecule has 1 aliphatic rings. The van der Waals surface area contributed by atoms with Gasteiger partial charge in [-0.15, -0.1) is 0 Å². The van der Waals surface area contributed by atoms with Gasteiger partial charge in [0.15, 0.2) is 0 Å². The molecule has 7 heteroatoms. The highest BCUT2D eigenvalue weighted by Crippen LogP contribution is 2.32. The topological polar surface area (TPSA) is 62.6 Å². The smallest absolute Gasteiger partial charge is 0.270 e. The fourth-order valence-electron chi connectivity index (χ4n) is 3.43. The van der Waals surface area contributed by atoms with Crippen LogP contribution in [0.1, 0.15) is 29.0 Å². The number of carbonyl (C=O) groups excluding carboxylic acids is 2. The Labute approximate surface area is 190 Å². The van der Waals surface area contributed by atoms with E-state index in [4.69, 9.17) is 27.6 Å². The van der Waals surface area contributed by atoms with Gasteiger partial charge in [-0.05, 0) is 55.3 Å². The van der Waals surface area contributed by atoms with E-state index in [1.165, 1.54) is 0 Å². The molecule has 0 atom stereocenters. The van der Waals surface area contributed by atoms with Crippen LogP contribution in [0.4, 0.5) is 0 Å². The van der Waals surface area contributed by atoms with E-state index >= 15 is 0 Å². The Morgan fingerprint density at radius 2 is 1.71 bits per heavy atom. The highest BCUT2D eigenvalue weighted by Gasteiger charge is 2.24. The number of amides is 2. The zero-order valence-electron chi connectivity index (χ0n) is 16.6. The first-order valence-corrected chi connectivity index (χ1v) is 10.7. The summed E-state index contributed by atoms with van der Waals surface area (Å²) in [6.45, 7) is 1.34. The first-order valence-electron chi connectivity index (χ1n) is 9.94. The second kappa shape index (κ2) is 9.41. The summed E-state index contributed by atoms with van der Waals surface area (Å²) in [7, 11) is 0. The van der Waals surface area contributed by atoms with E-state index < -0.39 is 0 Å². The van der Waals surface area contributed by atoms with Crippen molar-refractivity contribution in [2.45, 2.75) is 12.8 Å². The monoisotopic (exact) mass is 454 g/mol. The van der Waals surface area contributed by atoms with Gasteiger partial charge in [0.1, 0.15) is 17.2 Å². The van der Waals surface area contributed by atoms with Crippen LogP contribution in [0.25, 0.3) is 17.4 Å². The first-order chi connectivity index (χ1) is 15.0. The minimum atomic E-state index is -0.355. The predicted octanol–water partition coefficient (Wildman–Crippen LogP) is 5.65. The van der Waals surface area contributed by atoms with E-state index in [1.807, 2.05) is 6.07 Å². The average molecular weight is 455 g/mol. The molecule has 0 unspecified atom stereocenters. The lowest BCUT2D eigenvalue weighted by Gasteiger charge is -2.18. The molecule has 0 spiro atoms. The van der Waals surface area contributed by atoms with E-state index in [0.717, 1.165) is 12.8 Å². The van der Waals surface area contributed by atoms with Gasteiger partial charge in [-0.2, -0.15) is 0 Å². The first kappa shape index (κ1) is 21.2. The Kier molecular flexibility index (Phi) is 6.44. The molecule has 1 aliphatic heterocycles. The molecule has 0 aliphatic carbocycles. The van der Waals surface area contributed by atoms with Crippen molar-refractivity contribution in [3.05, 3.63) is 87.7 Å². The molecule has 1 saturated heterocycles. The van der Waals surface area contributed by atoms with Crippen molar-refractivity contribution in [2.75, 3.05) is 13.1 Å². The van der Waals surface area contributed by atoms with Crippen LogP contribution >= 0.6 is 23.2 Å². The Bertz CT molecular complexity index is 1130. The average Bonchev–Trinajstić information content (AvgIpc) is 3.46. The maximum Gasteiger partial charge on any atom is 0.270 e. The maximum atomic E-state index is 13.1. The van der Waals surface area contributed by atoms with Gasteiger partial charge in [0.05, 0.1) is 5.02 Å². The normalized spacial score (nSPS) is 14.0. The van der Waals surface area contributed by atoms with Crippen LogP contribution in [0.2, 0.25) is 10.0 Å². The number of hydrogen-bond acceptors (Lipinski definition) is 3. The third-order valence-corrected chi connectivity index (χ3v) is 5.57. The van der Waals surface area contributed by atoms with E-state index in [9.17, 15) is 9.59 Å². The standard InChI is InChI=1S/C24H20Cl2N2O3/c25-17-8-10-19(20(26)14-17)22-11-9-18(31-22)15-21(24(30)28-12-4-5-13-28)27-23(29)16-6-2-1-3-7-16/h1-3,6-11,14-15H,4-5,12-13H2,(H,27,29)/b21-15-. The summed E-state index contributed by atoms with van der Waals surface area (Å²) >= 11 is 12.2. The summed E-state index contributed by atoms with van der Waals surface area (Å²) in [4.78, 5) is 27.5. The molecule has 5 nitrogen and oxygen atoms in total. The van der Waals surface area contributed by atoms with Gasteiger partial charge < -0.3 is 14.6 Å². The number of furan rings is 1. The van der Waals surface area contributed by atoms with Gasteiger partial charge in [-0.25, -0.2) is 0 Å². The molecule has 0 bridgehead atoms. The van der Waals surface area contributed by atoms with Crippen LogP contribution in [-0.4, -0.2) is 29.8 Å². The lowest BCUT2D eigenvalue weighted by atomic mass is 10.2. The summed E-state index contributed by atoms with van der Waals surface area (Å²) in [5, 5.41) is 3.75.